The van der Waals surface area contributed by atoms with E-state index in [9.17, 15) is 19.3 Å². The quantitative estimate of drug-likeness (QED) is 0.618. The standard InChI is InChI=1S/C14H17FN2O3/c1-9-5-6-16(8-10(9)2)14(18)11-3-4-13(17(19)20)12(15)7-11/h3-4,7,9-10H,5-6,8H2,1-2H3. The molecule has 0 aromatic heterocycles. The van der Waals surface area contributed by atoms with E-state index in [0.717, 1.165) is 18.6 Å². The second-order valence-electron chi connectivity index (χ2n) is 5.42. The van der Waals surface area contributed by atoms with Gasteiger partial charge in [0.25, 0.3) is 5.91 Å². The molecule has 0 N–H and O–H groups in total. The number of nitrogens with zero attached hydrogens (tertiary/aromatic N) is 2. The zero-order valence-corrected chi connectivity index (χ0v) is 11.5. The largest absolute Gasteiger partial charge is 0.338 e. The maximum absolute atomic E-state index is 13.6. The molecule has 0 aliphatic carbocycles. The number of amides is 1. The predicted octanol–water partition coefficient (Wildman–Crippen LogP) is 2.85. The maximum Gasteiger partial charge on any atom is 0.304 e. The third-order valence-electron chi connectivity index (χ3n) is 4.01. The summed E-state index contributed by atoms with van der Waals surface area (Å²) in [6.45, 7) is 5.51. The van der Waals surface area contributed by atoms with Gasteiger partial charge in [-0.05, 0) is 30.4 Å². The highest BCUT2D eigenvalue weighted by molar-refractivity contribution is 5.94. The van der Waals surface area contributed by atoms with Crippen molar-refractivity contribution < 1.29 is 14.1 Å². The zero-order valence-electron chi connectivity index (χ0n) is 11.5. The number of benzene rings is 1. The fourth-order valence-corrected chi connectivity index (χ4v) is 2.42. The molecule has 5 nitrogen and oxygen atoms in total. The normalized spacial score (nSPS) is 22.6. The van der Waals surface area contributed by atoms with Crippen molar-refractivity contribution in [3.8, 4) is 0 Å². The molecule has 1 aromatic carbocycles. The van der Waals surface area contributed by atoms with E-state index in [-0.39, 0.29) is 11.5 Å². The number of nitro benzene ring substituents is 1. The molecular weight excluding hydrogens is 263 g/mol. The number of carbonyl (C=O) groups excluding carboxylic acids is 1. The summed E-state index contributed by atoms with van der Waals surface area (Å²) in [7, 11) is 0. The first-order chi connectivity index (χ1) is 9.40. The van der Waals surface area contributed by atoms with Crippen LogP contribution in [0.2, 0.25) is 0 Å². The Balaban J connectivity index is 2.17. The third kappa shape index (κ3) is 2.79. The van der Waals surface area contributed by atoms with Gasteiger partial charge in [0, 0.05) is 24.7 Å². The van der Waals surface area contributed by atoms with Gasteiger partial charge in [0.1, 0.15) is 0 Å². The van der Waals surface area contributed by atoms with Crippen LogP contribution in [0.3, 0.4) is 0 Å². The molecule has 1 fully saturated rings. The van der Waals surface area contributed by atoms with E-state index in [1.54, 1.807) is 4.90 Å². The van der Waals surface area contributed by atoms with Crippen LogP contribution in [-0.2, 0) is 0 Å². The molecule has 0 spiro atoms. The molecule has 1 aliphatic heterocycles. The molecule has 6 heteroatoms. The first kappa shape index (κ1) is 14.4. The molecule has 1 aromatic rings. The Morgan fingerprint density at radius 2 is 2.10 bits per heavy atom. The molecule has 20 heavy (non-hydrogen) atoms. The average molecular weight is 280 g/mol. The Morgan fingerprint density at radius 3 is 2.65 bits per heavy atom. The fraction of sp³-hybridized carbons (Fsp3) is 0.500. The smallest absolute Gasteiger partial charge is 0.304 e. The molecule has 0 saturated carbocycles. The Kier molecular flexibility index (Phi) is 4.01. The lowest BCUT2D eigenvalue weighted by Crippen LogP contribution is -2.42. The van der Waals surface area contributed by atoms with E-state index in [4.69, 9.17) is 0 Å². The van der Waals surface area contributed by atoms with Crippen molar-refractivity contribution in [2.24, 2.45) is 11.8 Å². The highest BCUT2D eigenvalue weighted by Gasteiger charge is 2.27. The van der Waals surface area contributed by atoms with E-state index in [1.807, 2.05) is 0 Å². The molecule has 1 aliphatic rings. The lowest BCUT2D eigenvalue weighted by atomic mass is 9.88. The van der Waals surface area contributed by atoms with Gasteiger partial charge in [-0.25, -0.2) is 0 Å². The van der Waals surface area contributed by atoms with Gasteiger partial charge in [-0.3, -0.25) is 14.9 Å². The summed E-state index contributed by atoms with van der Waals surface area (Å²) in [5, 5.41) is 10.6. The molecule has 0 radical (unpaired) electrons. The lowest BCUT2D eigenvalue weighted by Gasteiger charge is -2.35. The van der Waals surface area contributed by atoms with Gasteiger partial charge in [0.05, 0.1) is 4.92 Å². The fourth-order valence-electron chi connectivity index (χ4n) is 2.42. The minimum atomic E-state index is -0.973. The second-order valence-corrected chi connectivity index (χ2v) is 5.42. The summed E-state index contributed by atoms with van der Waals surface area (Å²) < 4.78 is 13.6. The van der Waals surface area contributed by atoms with Crippen molar-refractivity contribution in [2.45, 2.75) is 20.3 Å². The van der Waals surface area contributed by atoms with E-state index < -0.39 is 16.4 Å². The van der Waals surface area contributed by atoms with Gasteiger partial charge >= 0.3 is 5.69 Å². The first-order valence-corrected chi connectivity index (χ1v) is 6.63. The van der Waals surface area contributed by atoms with Crippen molar-refractivity contribution in [3.63, 3.8) is 0 Å². The van der Waals surface area contributed by atoms with Crippen molar-refractivity contribution >= 4 is 11.6 Å². The summed E-state index contributed by atoms with van der Waals surface area (Å²) in [4.78, 5) is 23.7. The summed E-state index contributed by atoms with van der Waals surface area (Å²) in [6, 6.07) is 3.30. The first-order valence-electron chi connectivity index (χ1n) is 6.63. The summed E-state index contributed by atoms with van der Waals surface area (Å²) in [6.07, 6.45) is 0.919. The SMILES string of the molecule is CC1CCN(C(=O)c2ccc([N+](=O)[O-])c(F)c2)CC1C. The van der Waals surface area contributed by atoms with Gasteiger partial charge in [0.2, 0.25) is 5.82 Å². The zero-order chi connectivity index (χ0) is 14.9. The van der Waals surface area contributed by atoms with Crippen molar-refractivity contribution in [1.29, 1.82) is 0 Å². The van der Waals surface area contributed by atoms with Gasteiger partial charge in [-0.2, -0.15) is 4.39 Å². The van der Waals surface area contributed by atoms with Crippen LogP contribution in [0.5, 0.6) is 0 Å². The second kappa shape index (κ2) is 5.56. The molecule has 2 unspecified atom stereocenters. The summed E-state index contributed by atoms with van der Waals surface area (Å²) in [5.41, 5.74) is -0.447. The third-order valence-corrected chi connectivity index (χ3v) is 4.01. The van der Waals surface area contributed by atoms with Crippen LogP contribution in [0.25, 0.3) is 0 Å². The lowest BCUT2D eigenvalue weighted by molar-refractivity contribution is -0.387. The van der Waals surface area contributed by atoms with Crippen LogP contribution in [0.15, 0.2) is 18.2 Å². The maximum atomic E-state index is 13.6. The number of halogens is 1. The van der Waals surface area contributed by atoms with E-state index in [2.05, 4.69) is 13.8 Å². The van der Waals surface area contributed by atoms with Crippen LogP contribution in [0.1, 0.15) is 30.6 Å². The summed E-state index contributed by atoms with van der Waals surface area (Å²) in [5.74, 6) is -0.278. The molecule has 0 bridgehead atoms. The molecule has 2 atom stereocenters. The van der Waals surface area contributed by atoms with E-state index in [1.165, 1.54) is 6.07 Å². The monoisotopic (exact) mass is 280 g/mol. The van der Waals surface area contributed by atoms with Gasteiger partial charge in [0.15, 0.2) is 0 Å². The van der Waals surface area contributed by atoms with Gasteiger partial charge in [-0.1, -0.05) is 13.8 Å². The number of rotatable bonds is 2. The van der Waals surface area contributed by atoms with E-state index in [0.29, 0.717) is 24.9 Å². The average Bonchev–Trinajstić information content (AvgIpc) is 2.40. The highest BCUT2D eigenvalue weighted by Crippen LogP contribution is 2.25. The van der Waals surface area contributed by atoms with Crippen molar-refractivity contribution in [3.05, 3.63) is 39.7 Å². The van der Waals surface area contributed by atoms with E-state index >= 15 is 0 Å². The molecule has 1 heterocycles. The topological polar surface area (TPSA) is 63.5 Å². The molecule has 1 amide bonds. The van der Waals surface area contributed by atoms with Crippen molar-refractivity contribution in [1.82, 2.24) is 4.90 Å². The number of hydrogen-bond donors (Lipinski definition) is 0. The van der Waals surface area contributed by atoms with Crippen LogP contribution < -0.4 is 0 Å². The number of piperidine rings is 1. The number of hydrogen-bond acceptors (Lipinski definition) is 3. The Labute approximate surface area is 116 Å². The molecule has 108 valence electrons. The van der Waals surface area contributed by atoms with Gasteiger partial charge < -0.3 is 4.90 Å². The van der Waals surface area contributed by atoms with Crippen LogP contribution in [0, 0.1) is 27.8 Å². The molecule has 1 saturated heterocycles. The van der Waals surface area contributed by atoms with Crippen molar-refractivity contribution in [2.75, 3.05) is 13.1 Å². The number of carbonyl (C=O) groups is 1. The Bertz CT molecular complexity index is 547. The molecule has 2 rings (SSSR count). The Hall–Kier alpha value is -1.98. The number of likely N-dealkylation sites (tertiary alicyclic amines) is 1. The summed E-state index contributed by atoms with van der Waals surface area (Å²) >= 11 is 0. The minimum absolute atomic E-state index is 0.162. The predicted molar refractivity (Wildman–Crippen MR) is 71.9 cm³/mol. The Morgan fingerprint density at radius 1 is 1.40 bits per heavy atom. The van der Waals surface area contributed by atoms with Crippen LogP contribution >= 0.6 is 0 Å². The number of nitro groups is 1. The minimum Gasteiger partial charge on any atom is -0.338 e. The highest BCUT2D eigenvalue weighted by atomic mass is 19.1. The van der Waals surface area contributed by atoms with Crippen LogP contribution in [0.4, 0.5) is 10.1 Å². The van der Waals surface area contributed by atoms with Gasteiger partial charge in [-0.15, -0.1) is 0 Å². The molecular formula is C14H17FN2O3. The van der Waals surface area contributed by atoms with Crippen LogP contribution in [-0.4, -0.2) is 28.8 Å².